The Kier molecular flexibility index (Phi) is 14.4. The molecule has 12 nitrogen and oxygen atoms in total. The number of nitrogens with one attached hydrogen (secondary N) is 2. The predicted molar refractivity (Wildman–Crippen MR) is 258 cm³/mol. The van der Waals surface area contributed by atoms with Gasteiger partial charge in [0.1, 0.15) is 33.2 Å². The number of hydrogen-bond acceptors (Lipinski definition) is 11. The second-order valence-corrected chi connectivity index (χ2v) is 19.7. The predicted octanol–water partition coefficient (Wildman–Crippen LogP) is 8.89. The Balaban J connectivity index is 0.977. The molecular weight excluding hydrogens is 883 g/mol. The van der Waals surface area contributed by atoms with Crippen molar-refractivity contribution >= 4 is 58.3 Å². The molecule has 0 aliphatic carbocycles. The summed E-state index contributed by atoms with van der Waals surface area (Å²) in [5.74, 6) is -2.38. The molecular formula is C53H51N5O7S2. The van der Waals surface area contributed by atoms with E-state index in [2.05, 4.69) is 41.6 Å². The van der Waals surface area contributed by atoms with Crippen LogP contribution in [0, 0.1) is 6.92 Å². The molecule has 3 heterocycles. The lowest BCUT2D eigenvalue weighted by molar-refractivity contribution is -0.154. The van der Waals surface area contributed by atoms with E-state index < -0.39 is 59.3 Å². The number of amides is 3. The molecule has 0 saturated carbocycles. The summed E-state index contributed by atoms with van der Waals surface area (Å²) in [6, 6.07) is 42.7. The minimum Gasteiger partial charge on any atom is -0.451 e. The highest BCUT2D eigenvalue weighted by atomic mass is 32.2. The Morgan fingerprint density at radius 2 is 1.30 bits per heavy atom. The summed E-state index contributed by atoms with van der Waals surface area (Å²) in [5.41, 5.74) is 4.76. The molecule has 67 heavy (non-hydrogen) atoms. The molecule has 0 spiro atoms. The lowest BCUT2D eigenvalue weighted by Gasteiger charge is -2.49. The maximum absolute atomic E-state index is 14.4. The van der Waals surface area contributed by atoms with E-state index in [1.807, 2.05) is 146 Å². The van der Waals surface area contributed by atoms with Crippen LogP contribution in [-0.4, -0.2) is 68.0 Å². The van der Waals surface area contributed by atoms with Gasteiger partial charge in [-0.05, 0) is 65.1 Å². The fourth-order valence-corrected chi connectivity index (χ4v) is 10.2. The van der Waals surface area contributed by atoms with Gasteiger partial charge in [0, 0.05) is 23.3 Å². The van der Waals surface area contributed by atoms with E-state index in [0.29, 0.717) is 26.9 Å². The van der Waals surface area contributed by atoms with Crippen LogP contribution in [0.2, 0.25) is 0 Å². The van der Waals surface area contributed by atoms with Crippen molar-refractivity contribution in [3.05, 3.63) is 195 Å². The minimum absolute atomic E-state index is 0.0585. The molecule has 8 rings (SSSR count). The second kappa shape index (κ2) is 20.7. The number of benzene rings is 5. The van der Waals surface area contributed by atoms with Crippen molar-refractivity contribution in [1.82, 2.24) is 25.7 Å². The average molecular weight is 934 g/mol. The first kappa shape index (κ1) is 46.6. The van der Waals surface area contributed by atoms with Gasteiger partial charge in [-0.25, -0.2) is 9.59 Å². The summed E-state index contributed by atoms with van der Waals surface area (Å²) < 4.78 is 12.5. The highest BCUT2D eigenvalue weighted by molar-refractivity contribution is 8.00. The van der Waals surface area contributed by atoms with Crippen LogP contribution in [0.1, 0.15) is 100 Å². The number of aryl methyl sites for hydroxylation is 1. The van der Waals surface area contributed by atoms with Gasteiger partial charge >= 0.3 is 11.9 Å². The van der Waals surface area contributed by atoms with Crippen LogP contribution >= 0.6 is 23.1 Å². The summed E-state index contributed by atoms with van der Waals surface area (Å²) in [7, 11) is 0. The van der Waals surface area contributed by atoms with Gasteiger partial charge in [0.15, 0.2) is 12.2 Å². The molecule has 1 fully saturated rings. The van der Waals surface area contributed by atoms with Gasteiger partial charge in [0.05, 0.1) is 0 Å². The smallest absolute Gasteiger partial charge is 0.356 e. The van der Waals surface area contributed by atoms with Crippen LogP contribution in [-0.2, 0) is 34.1 Å². The van der Waals surface area contributed by atoms with Crippen molar-refractivity contribution in [3.8, 4) is 0 Å². The topological polar surface area (TPSA) is 157 Å². The van der Waals surface area contributed by atoms with Crippen LogP contribution in [0.3, 0.4) is 0 Å². The number of thioether (sulfide) groups is 1. The molecule has 2 aliphatic rings. The van der Waals surface area contributed by atoms with Gasteiger partial charge in [-0.15, -0.1) is 22.0 Å². The Labute approximate surface area is 398 Å². The molecule has 0 bridgehead atoms. The van der Waals surface area contributed by atoms with Gasteiger partial charge in [-0.3, -0.25) is 19.3 Å². The zero-order valence-corrected chi connectivity index (χ0v) is 39.2. The quantitative estimate of drug-likeness (QED) is 0.0710. The van der Waals surface area contributed by atoms with Crippen molar-refractivity contribution in [1.29, 1.82) is 0 Å². The summed E-state index contributed by atoms with van der Waals surface area (Å²) in [6.07, 6.45) is -1.32. The molecule has 342 valence electrons. The van der Waals surface area contributed by atoms with Crippen LogP contribution in [0.25, 0.3) is 5.57 Å². The van der Waals surface area contributed by atoms with Crippen LogP contribution in [0.15, 0.2) is 151 Å². The number of carbonyl (C=O) groups excluding carboxylic acids is 5. The van der Waals surface area contributed by atoms with E-state index in [1.54, 1.807) is 6.07 Å². The van der Waals surface area contributed by atoms with Crippen LogP contribution < -0.4 is 10.6 Å². The van der Waals surface area contributed by atoms with E-state index in [4.69, 9.17) is 9.47 Å². The SMILES string of the molecule is Cc1nnc(C2=C(C(=O)OC(c3ccccc3)c3ccccc3)N3C(=O)C(NC(=O)CCCC(NC(=O)c4cccc(C(C)(C)C)c4)C(=O)OC(c4ccccc4)c4ccccc4)[C@@H]3SC2)s1. The molecule has 5 aromatic carbocycles. The van der Waals surface area contributed by atoms with Gasteiger partial charge in [0.25, 0.3) is 11.8 Å². The number of β-lactam (4-membered cyclic amide) rings is 1. The average Bonchev–Trinajstić information content (AvgIpc) is 3.79. The first-order valence-electron chi connectivity index (χ1n) is 22.2. The Hall–Kier alpha value is -6.90. The van der Waals surface area contributed by atoms with Gasteiger partial charge < -0.3 is 20.1 Å². The summed E-state index contributed by atoms with van der Waals surface area (Å²) in [4.78, 5) is 71.7. The number of aromatic nitrogens is 2. The molecule has 2 aliphatic heterocycles. The number of nitrogens with zero attached hydrogens (tertiary/aromatic N) is 3. The number of fused-ring (bicyclic) bond motifs is 1. The van der Waals surface area contributed by atoms with Crippen LogP contribution in [0.5, 0.6) is 0 Å². The van der Waals surface area contributed by atoms with Crippen LogP contribution in [0.4, 0.5) is 0 Å². The number of esters is 2. The fraction of sp³-hybridized carbons (Fsp3) is 0.264. The van der Waals surface area contributed by atoms with Crippen molar-refractivity contribution in [2.75, 3.05) is 5.75 Å². The summed E-state index contributed by atoms with van der Waals surface area (Å²) in [6.45, 7) is 7.98. The number of rotatable bonds is 16. The van der Waals surface area contributed by atoms with Crippen molar-refractivity contribution < 1.29 is 33.4 Å². The third-order valence-electron chi connectivity index (χ3n) is 11.6. The number of carbonyl (C=O) groups is 5. The third kappa shape index (κ3) is 10.9. The largest absolute Gasteiger partial charge is 0.451 e. The maximum atomic E-state index is 14.4. The molecule has 2 unspecified atom stereocenters. The highest BCUT2D eigenvalue weighted by Gasteiger charge is 2.55. The minimum atomic E-state index is -1.11. The van der Waals surface area contributed by atoms with Crippen molar-refractivity contribution in [2.45, 2.75) is 82.0 Å². The number of hydrogen-bond donors (Lipinski definition) is 2. The summed E-state index contributed by atoms with van der Waals surface area (Å²) >= 11 is 2.73. The molecule has 0 radical (unpaired) electrons. The zero-order valence-electron chi connectivity index (χ0n) is 37.6. The fourth-order valence-electron chi connectivity index (χ4n) is 8.05. The molecule has 2 N–H and O–H groups in total. The molecule has 3 atom stereocenters. The van der Waals surface area contributed by atoms with Crippen molar-refractivity contribution in [2.24, 2.45) is 0 Å². The molecule has 14 heteroatoms. The number of ether oxygens (including phenoxy) is 2. The van der Waals surface area contributed by atoms with E-state index in [9.17, 15) is 24.0 Å². The lowest BCUT2D eigenvalue weighted by atomic mass is 9.86. The lowest BCUT2D eigenvalue weighted by Crippen LogP contribution is -2.70. The van der Waals surface area contributed by atoms with Gasteiger partial charge in [-0.1, -0.05) is 166 Å². The van der Waals surface area contributed by atoms with E-state index in [-0.39, 0.29) is 30.4 Å². The third-order valence-corrected chi connectivity index (χ3v) is 13.8. The molecule has 3 amide bonds. The summed E-state index contributed by atoms with van der Waals surface area (Å²) in [5, 5.41) is 14.9. The normalized spacial score (nSPS) is 16.2. The molecule has 1 saturated heterocycles. The highest BCUT2D eigenvalue weighted by Crippen LogP contribution is 2.45. The monoisotopic (exact) mass is 933 g/mol. The second-order valence-electron chi connectivity index (χ2n) is 17.4. The Bertz CT molecular complexity index is 2680. The van der Waals surface area contributed by atoms with E-state index >= 15 is 0 Å². The Morgan fingerprint density at radius 3 is 1.82 bits per heavy atom. The standard InChI is InChI=1S/C53H51N5O7S2/c1-33-56-57-48(67-33)40-32-66-50-43(49(61)58(50)44(40)52(63)65-46(36-23-13-7-14-24-36)37-25-15-8-16-26-37)55-42(59)30-18-29-41(54-47(60)38-27-17-28-39(31-38)53(2,3)4)51(62)64-45(34-19-9-5-10-20-34)35-21-11-6-12-22-35/h5-17,19-28,31,41,43,45-46,50H,18,29-30,32H2,1-4H3,(H,54,60)(H,55,59)/t41?,43?,50-/m0/s1. The first-order chi connectivity index (χ1) is 32.4. The van der Waals surface area contributed by atoms with Crippen molar-refractivity contribution in [3.63, 3.8) is 0 Å². The molecule has 1 aromatic heterocycles. The first-order valence-corrected chi connectivity index (χ1v) is 24.0. The van der Waals surface area contributed by atoms with E-state index in [0.717, 1.165) is 27.8 Å². The van der Waals surface area contributed by atoms with E-state index in [1.165, 1.54) is 28.0 Å². The Morgan fingerprint density at radius 1 is 0.746 bits per heavy atom. The van der Waals surface area contributed by atoms with Gasteiger partial charge in [0.2, 0.25) is 5.91 Å². The maximum Gasteiger partial charge on any atom is 0.356 e. The van der Waals surface area contributed by atoms with Gasteiger partial charge in [-0.2, -0.15) is 0 Å². The molecule has 6 aromatic rings. The zero-order chi connectivity index (χ0) is 47.1.